The minimum atomic E-state index is 0. The van der Waals surface area contributed by atoms with Crippen molar-refractivity contribution in [1.82, 2.24) is 0 Å². The van der Waals surface area contributed by atoms with Gasteiger partial charge in [-0.1, -0.05) is 0 Å². The molecule has 5 heavy (non-hydrogen) atoms. The van der Waals surface area contributed by atoms with E-state index < -0.39 is 0 Å². The Kier molecular flexibility index (Phi) is 533. The van der Waals surface area contributed by atoms with Gasteiger partial charge in [0.15, 0.2) is 0 Å². The van der Waals surface area contributed by atoms with Crippen LogP contribution in [-0.4, -0.2) is 0 Å². The van der Waals surface area contributed by atoms with Crippen LogP contribution >= 0.6 is 0 Å². The molecule has 0 aliphatic carbocycles. The largest absolute Gasteiger partial charge is 2.00 e. The molecule has 2 radical (unpaired) electrons. The molecule has 0 aliphatic heterocycles. The molecular weight excluding hydrogens is 522 g/mol. The van der Waals surface area contributed by atoms with Crippen LogP contribution in [0.5, 0.6) is 0 Å². The predicted octanol–water partition coefficient (Wildman–Crippen LogP) is -0.245. The van der Waals surface area contributed by atoms with Crippen molar-refractivity contribution in [3.8, 4) is 0 Å². The zero-order valence-corrected chi connectivity index (χ0v) is 8.11. The maximum Gasteiger partial charge on any atom is 0 e. The van der Waals surface area contributed by atoms with Gasteiger partial charge in [0, 0.05) is 60.6 Å². The first-order valence-corrected chi connectivity index (χ1v) is 0. The molecule has 0 amide bonds. The molecule has 44 valence electrons. The Morgan fingerprint density at radius 1 is 0.800 bits per heavy atom. The van der Waals surface area contributed by atoms with Crippen LogP contribution in [-0.2, 0) is 71.6 Å². The van der Waals surface area contributed by atoms with Crippen molar-refractivity contribution in [1.29, 1.82) is 0 Å². The molecule has 5 heteroatoms. The van der Waals surface area contributed by atoms with E-state index in [4.69, 9.17) is 0 Å². The maximum absolute atomic E-state index is 0. The zero-order chi connectivity index (χ0) is 0. The van der Waals surface area contributed by atoms with Crippen molar-refractivity contribution in [3.63, 3.8) is 0 Å². The standard InChI is InChI=1S/Ir.2O.Pt.Rh/q;2*-2;;. The fourth-order valence-electron chi connectivity index (χ4n) is 0. The summed E-state index contributed by atoms with van der Waals surface area (Å²) in [4.78, 5) is 0. The summed E-state index contributed by atoms with van der Waals surface area (Å²) >= 11 is 0. The molecule has 0 aliphatic rings. The van der Waals surface area contributed by atoms with Gasteiger partial charge in [0.1, 0.15) is 0 Å². The van der Waals surface area contributed by atoms with Gasteiger partial charge in [0.05, 0.1) is 0 Å². The van der Waals surface area contributed by atoms with Gasteiger partial charge in [-0.2, -0.15) is 0 Å². The molecule has 0 atom stereocenters. The molecule has 0 heterocycles. The van der Waals surface area contributed by atoms with Gasteiger partial charge in [0.25, 0.3) is 0 Å². The Morgan fingerprint density at radius 3 is 0.800 bits per heavy atom. The van der Waals surface area contributed by atoms with E-state index in [2.05, 4.69) is 0 Å². The Labute approximate surface area is 71.1 Å². The third-order valence-corrected chi connectivity index (χ3v) is 0. The Hall–Kier alpha value is 1.88. The van der Waals surface area contributed by atoms with E-state index in [-0.39, 0.29) is 71.6 Å². The Balaban J connectivity index is 0. The van der Waals surface area contributed by atoms with Gasteiger partial charge in [-0.05, 0) is 0 Å². The SMILES string of the molecule is [Ir].[O-2].[O-2].[Pt].[Rh]. The summed E-state index contributed by atoms with van der Waals surface area (Å²) in [6.07, 6.45) is 0. The summed E-state index contributed by atoms with van der Waals surface area (Å²) in [7, 11) is 0. The first-order valence-electron chi connectivity index (χ1n) is 0. The van der Waals surface area contributed by atoms with Gasteiger partial charge in [-0.25, -0.2) is 0 Å². The van der Waals surface area contributed by atoms with Crippen LogP contribution in [0.4, 0.5) is 0 Å². The number of hydrogen-bond acceptors (Lipinski definition) is 0. The van der Waals surface area contributed by atoms with E-state index in [1.165, 1.54) is 0 Å². The van der Waals surface area contributed by atoms with E-state index in [0.717, 1.165) is 0 Å². The maximum atomic E-state index is 0. The van der Waals surface area contributed by atoms with Crippen molar-refractivity contribution in [3.05, 3.63) is 0 Å². The summed E-state index contributed by atoms with van der Waals surface area (Å²) in [6.45, 7) is 0. The topological polar surface area (TPSA) is 57.0 Å². The molecule has 0 rings (SSSR count). The Bertz CT molecular complexity index is 9.61. The van der Waals surface area contributed by atoms with Crippen molar-refractivity contribution >= 4 is 0 Å². The minimum Gasteiger partial charge on any atom is -2.00 e. The van der Waals surface area contributed by atoms with E-state index in [1.54, 1.807) is 0 Å². The number of hydrogen-bond donors (Lipinski definition) is 0. The van der Waals surface area contributed by atoms with E-state index in [1.807, 2.05) is 0 Å². The van der Waals surface area contributed by atoms with Crippen LogP contribution in [0.3, 0.4) is 0 Å². The molecule has 0 N–H and O–H groups in total. The monoisotopic (exact) mass is 523 g/mol. The molecule has 0 fully saturated rings. The second-order valence-corrected chi connectivity index (χ2v) is 0. The van der Waals surface area contributed by atoms with Gasteiger partial charge < -0.3 is 11.0 Å². The van der Waals surface area contributed by atoms with Crippen molar-refractivity contribution in [2.45, 2.75) is 0 Å². The molecule has 0 aromatic rings. The zero-order valence-electron chi connectivity index (χ0n) is 1.80. The predicted molar refractivity (Wildman–Crippen MR) is 1.37 cm³/mol. The van der Waals surface area contributed by atoms with Crippen LogP contribution in [0.25, 0.3) is 0 Å². The van der Waals surface area contributed by atoms with Crippen LogP contribution < -0.4 is 0 Å². The van der Waals surface area contributed by atoms with Crippen LogP contribution in [0.2, 0.25) is 0 Å². The molecule has 0 aromatic carbocycles. The molecule has 0 bridgehead atoms. The Morgan fingerprint density at radius 2 is 0.800 bits per heavy atom. The van der Waals surface area contributed by atoms with Crippen LogP contribution in [0.15, 0.2) is 0 Å². The van der Waals surface area contributed by atoms with Gasteiger partial charge in [-0.3, -0.25) is 0 Å². The first-order chi connectivity index (χ1) is 0. The minimum absolute atomic E-state index is 0. The molecular formula is IrO2PtRh-4. The van der Waals surface area contributed by atoms with Gasteiger partial charge in [0.2, 0.25) is 0 Å². The van der Waals surface area contributed by atoms with Crippen LogP contribution in [0, 0.1) is 0 Å². The number of rotatable bonds is 0. The van der Waals surface area contributed by atoms with E-state index in [0.29, 0.717) is 0 Å². The van der Waals surface area contributed by atoms with Crippen molar-refractivity contribution in [2.75, 3.05) is 0 Å². The molecule has 0 saturated heterocycles. The molecule has 0 spiro atoms. The first kappa shape index (κ1) is 67.3. The summed E-state index contributed by atoms with van der Waals surface area (Å²) in [5, 5.41) is 0. The second-order valence-electron chi connectivity index (χ2n) is 0. The summed E-state index contributed by atoms with van der Waals surface area (Å²) < 4.78 is 0. The second kappa shape index (κ2) is 39.6. The third kappa shape index (κ3) is 25.0. The van der Waals surface area contributed by atoms with E-state index >= 15 is 0 Å². The fourth-order valence-corrected chi connectivity index (χ4v) is 0. The molecule has 2 nitrogen and oxygen atoms in total. The average molecular weight is 522 g/mol. The van der Waals surface area contributed by atoms with E-state index in [9.17, 15) is 0 Å². The normalized spacial score (nSPS) is 0. The molecule has 0 saturated carbocycles. The van der Waals surface area contributed by atoms with Crippen molar-refractivity contribution < 1.29 is 71.6 Å². The summed E-state index contributed by atoms with van der Waals surface area (Å²) in [5.74, 6) is 0. The van der Waals surface area contributed by atoms with Gasteiger partial charge >= 0.3 is 0 Å². The average Bonchev–Trinajstić information content (AvgIpc) is 0. The molecule has 0 aromatic heterocycles. The third-order valence-electron chi connectivity index (χ3n) is 0. The summed E-state index contributed by atoms with van der Waals surface area (Å²) in [5.41, 5.74) is 0. The van der Waals surface area contributed by atoms with Crippen molar-refractivity contribution in [2.24, 2.45) is 0 Å². The quantitative estimate of drug-likeness (QED) is 0.395. The summed E-state index contributed by atoms with van der Waals surface area (Å²) in [6, 6.07) is 0. The fraction of sp³-hybridized carbons (Fsp3) is 0. The van der Waals surface area contributed by atoms with Crippen LogP contribution in [0.1, 0.15) is 0 Å². The molecule has 0 unspecified atom stereocenters. The van der Waals surface area contributed by atoms with Gasteiger partial charge in [-0.15, -0.1) is 0 Å². The smallest absolute Gasteiger partial charge is 0 e.